The number of ether oxygens (including phenoxy) is 1. The maximum atomic E-state index is 15.8. The van der Waals surface area contributed by atoms with Crippen LogP contribution in [-0.2, 0) is 21.4 Å². The van der Waals surface area contributed by atoms with Crippen molar-refractivity contribution in [1.82, 2.24) is 13.9 Å². The molecule has 1 N–H and O–H groups in total. The number of aromatic nitrogens is 3. The van der Waals surface area contributed by atoms with Gasteiger partial charge in [0.1, 0.15) is 39.2 Å². The highest BCUT2D eigenvalue weighted by Gasteiger charge is 2.29. The molecule has 6 aromatic rings. The number of halogens is 3. The van der Waals surface area contributed by atoms with Crippen LogP contribution < -0.4 is 4.74 Å². The molecule has 0 amide bonds. The smallest absolute Gasteiger partial charge is 0.268 e. The number of fused-ring (bicyclic) bond motifs is 1. The summed E-state index contributed by atoms with van der Waals surface area (Å²) in [6, 6.07) is 20.2. The van der Waals surface area contributed by atoms with E-state index < -0.39 is 37.8 Å². The summed E-state index contributed by atoms with van der Waals surface area (Å²) in [5.41, 5.74) is 2.66. The molecule has 0 saturated heterocycles. The second-order valence-electron chi connectivity index (χ2n) is 12.4. The van der Waals surface area contributed by atoms with Crippen LogP contribution in [0, 0.1) is 18.6 Å². The highest BCUT2D eigenvalue weighted by molar-refractivity contribution is 9.10. The molecule has 13 heteroatoms. The Hall–Kier alpha value is -4.56. The van der Waals surface area contributed by atoms with E-state index in [-0.39, 0.29) is 38.9 Å². The van der Waals surface area contributed by atoms with Gasteiger partial charge in [-0.2, -0.15) is 0 Å². The molecule has 0 aliphatic heterocycles. The van der Waals surface area contributed by atoms with Crippen molar-refractivity contribution >= 4 is 60.0 Å². The van der Waals surface area contributed by atoms with E-state index in [1.165, 1.54) is 48.8 Å². The van der Waals surface area contributed by atoms with Crippen LogP contribution in [0.15, 0.2) is 112 Å². The van der Waals surface area contributed by atoms with Crippen molar-refractivity contribution < 1.29 is 26.5 Å². The number of hydrogen-bond donors (Lipinski definition) is 1. The van der Waals surface area contributed by atoms with Gasteiger partial charge in [0.05, 0.1) is 27.9 Å². The average molecular weight is 778 g/mol. The van der Waals surface area contributed by atoms with Crippen molar-refractivity contribution in [2.75, 3.05) is 0 Å². The van der Waals surface area contributed by atoms with Gasteiger partial charge in [-0.3, -0.25) is 0 Å². The number of H-pyrrole nitrogens is 1. The van der Waals surface area contributed by atoms with E-state index in [1.807, 2.05) is 52.0 Å². The summed E-state index contributed by atoms with van der Waals surface area (Å²) in [4.78, 5) is 7.53. The zero-order chi connectivity index (χ0) is 36.0. The van der Waals surface area contributed by atoms with Gasteiger partial charge in [0.15, 0.2) is 11.6 Å². The second kappa shape index (κ2) is 13.6. The molecule has 0 bridgehead atoms. The lowest BCUT2D eigenvalue weighted by atomic mass is 10.1. The van der Waals surface area contributed by atoms with Gasteiger partial charge < -0.3 is 14.3 Å². The first kappa shape index (κ1) is 35.3. The summed E-state index contributed by atoms with van der Waals surface area (Å²) in [5.74, 6) is -1.48. The first-order valence-electron chi connectivity index (χ1n) is 15.3. The van der Waals surface area contributed by atoms with Crippen LogP contribution in [0.5, 0.6) is 11.5 Å². The highest BCUT2D eigenvalue weighted by atomic mass is 79.9. The number of aromatic amines is 1. The van der Waals surface area contributed by atoms with Crippen LogP contribution in [0.4, 0.5) is 8.78 Å². The van der Waals surface area contributed by atoms with Crippen LogP contribution in [0.25, 0.3) is 28.4 Å². The van der Waals surface area contributed by atoms with Gasteiger partial charge in [0.2, 0.25) is 0 Å². The van der Waals surface area contributed by atoms with Gasteiger partial charge in [0, 0.05) is 33.2 Å². The third-order valence-electron chi connectivity index (χ3n) is 7.73. The molecule has 2 aromatic heterocycles. The first-order valence-corrected chi connectivity index (χ1v) is 18.6. The number of nitrogens with zero attached hydrogens (tertiary/aromatic N) is 3. The van der Waals surface area contributed by atoms with Gasteiger partial charge in [0.25, 0.3) is 10.0 Å². The highest BCUT2D eigenvalue weighted by Crippen LogP contribution is 2.38. The summed E-state index contributed by atoms with van der Waals surface area (Å²) >= 11 is 1.85. The molecule has 50 heavy (non-hydrogen) atoms. The van der Waals surface area contributed by atoms with Crippen LogP contribution in [0.3, 0.4) is 0 Å². The van der Waals surface area contributed by atoms with Gasteiger partial charge >= 0.3 is 0 Å². The molecule has 0 aliphatic rings. The van der Waals surface area contributed by atoms with E-state index in [0.717, 1.165) is 20.1 Å². The number of imidazole rings is 1. The second-order valence-corrected chi connectivity index (χ2v) is 17.0. The Morgan fingerprint density at radius 2 is 1.80 bits per heavy atom. The normalized spacial score (nSPS) is 13.1. The van der Waals surface area contributed by atoms with E-state index in [2.05, 4.69) is 36.9 Å². The Morgan fingerprint density at radius 3 is 2.48 bits per heavy atom. The fourth-order valence-corrected chi connectivity index (χ4v) is 7.51. The summed E-state index contributed by atoms with van der Waals surface area (Å²) in [7, 11) is -4.04. The van der Waals surface area contributed by atoms with Crippen molar-refractivity contribution in [2.45, 2.75) is 37.3 Å². The molecule has 6 rings (SSSR count). The lowest BCUT2D eigenvalue weighted by molar-refractivity contribution is 0.441. The Morgan fingerprint density at radius 1 is 1.06 bits per heavy atom. The van der Waals surface area contributed by atoms with Crippen LogP contribution >= 0.6 is 15.9 Å². The largest absolute Gasteiger partial charge is 0.591 e. The van der Waals surface area contributed by atoms with Crippen molar-refractivity contribution in [3.05, 3.63) is 136 Å². The number of benzene rings is 4. The van der Waals surface area contributed by atoms with Gasteiger partial charge in [-0.05, 0) is 76.2 Å². The number of nitrogens with one attached hydrogen (secondary N) is 1. The Balaban J connectivity index is 1.37. The maximum Gasteiger partial charge on any atom is 0.268 e. The molecular formula is C37H31BrF2N4O4S2. The predicted molar refractivity (Wildman–Crippen MR) is 197 cm³/mol. The molecule has 0 radical (unpaired) electrons. The van der Waals surface area contributed by atoms with E-state index >= 15 is 8.78 Å². The molecule has 1 unspecified atom stereocenters. The molecule has 0 saturated carbocycles. The van der Waals surface area contributed by atoms with E-state index in [0.29, 0.717) is 22.4 Å². The Labute approximate surface area is 300 Å². The average Bonchev–Trinajstić information content (AvgIpc) is 3.72. The number of rotatable bonds is 9. The SMILES string of the molecule is C=Cc1c(Oc2ccc(F)c(-c3ncc(C(=N[S+]([O-])C(C)(C)C)c4cccc(Br)c4)[nH]3)c2)c(F)cc2c1ccn2S(=O)(=O)c1ccc(C)cc1. The number of aryl methyl sites for hydroxylation is 1. The minimum Gasteiger partial charge on any atom is -0.591 e. The van der Waals surface area contributed by atoms with Gasteiger partial charge in [-0.25, -0.2) is 26.2 Å². The summed E-state index contributed by atoms with van der Waals surface area (Å²) in [6.07, 6.45) is 4.20. The molecule has 0 fully saturated rings. The Kier molecular flexibility index (Phi) is 9.61. The van der Waals surface area contributed by atoms with Crippen LogP contribution in [0.2, 0.25) is 0 Å². The third kappa shape index (κ3) is 6.91. The van der Waals surface area contributed by atoms with E-state index in [4.69, 9.17) is 4.74 Å². The molecule has 0 spiro atoms. The van der Waals surface area contributed by atoms with Crippen molar-refractivity contribution in [2.24, 2.45) is 4.40 Å². The van der Waals surface area contributed by atoms with Crippen molar-refractivity contribution in [3.8, 4) is 22.9 Å². The van der Waals surface area contributed by atoms with E-state index in [9.17, 15) is 13.0 Å². The predicted octanol–water partition coefficient (Wildman–Crippen LogP) is 9.35. The standard InChI is InChI=1S/C37H31BrF2N4O4S2/c1-6-27-28-16-17-44(50(46,47)26-13-10-22(2)11-14-26)33(28)20-31(40)35(27)48-25-12-15-30(39)29(19-25)36-41-21-32(42-36)34(43-49(45)37(3,4)5)23-8-7-9-24(38)18-23/h6-21H,1H2,2-5H3,(H,41,42). The van der Waals surface area contributed by atoms with Gasteiger partial charge in [-0.1, -0.05) is 62.8 Å². The summed E-state index contributed by atoms with van der Waals surface area (Å²) in [5, 5.41) is 0.386. The number of hydrogen-bond acceptors (Lipinski definition) is 6. The zero-order valence-corrected chi connectivity index (χ0v) is 30.6. The first-order chi connectivity index (χ1) is 23.7. The van der Waals surface area contributed by atoms with Crippen LogP contribution in [-0.4, -0.2) is 37.4 Å². The van der Waals surface area contributed by atoms with Crippen molar-refractivity contribution in [3.63, 3.8) is 0 Å². The quantitative estimate of drug-likeness (QED) is 0.116. The fraction of sp³-hybridized carbons (Fsp3) is 0.135. The lowest BCUT2D eigenvalue weighted by Crippen LogP contribution is -2.27. The summed E-state index contributed by atoms with van der Waals surface area (Å²) in [6.45, 7) is 11.1. The minimum atomic E-state index is -4.04. The maximum absolute atomic E-state index is 15.8. The Bertz CT molecular complexity index is 2400. The van der Waals surface area contributed by atoms with Crippen LogP contribution in [0.1, 0.15) is 43.2 Å². The van der Waals surface area contributed by atoms with Crippen molar-refractivity contribution in [1.29, 1.82) is 0 Å². The topological polar surface area (TPSA) is 112 Å². The molecule has 1 atom stereocenters. The van der Waals surface area contributed by atoms with Gasteiger partial charge in [-0.15, -0.1) is 0 Å². The molecule has 0 aliphatic carbocycles. The molecule has 2 heterocycles. The lowest BCUT2D eigenvalue weighted by Gasteiger charge is -2.19. The fourth-order valence-electron chi connectivity index (χ4n) is 5.13. The summed E-state index contributed by atoms with van der Waals surface area (Å²) < 4.78 is 82.8. The van der Waals surface area contributed by atoms with E-state index in [1.54, 1.807) is 18.2 Å². The monoisotopic (exact) mass is 776 g/mol. The zero-order valence-electron chi connectivity index (χ0n) is 27.4. The minimum absolute atomic E-state index is 0.0243. The molecule has 8 nitrogen and oxygen atoms in total. The molecule has 256 valence electrons. The molecule has 4 aromatic carbocycles. The third-order valence-corrected chi connectivity index (χ3v) is 11.3. The molecular weight excluding hydrogens is 746 g/mol.